The Morgan fingerprint density at radius 3 is 0.731 bits per heavy atom. The van der Waals surface area contributed by atoms with Crippen molar-refractivity contribution >= 4 is 0 Å². The Morgan fingerprint density at radius 2 is 0.500 bits per heavy atom. The molecule has 7 rings (SSSR count). The Kier molecular flexibility index (Phi) is 20.2. The molecule has 3 fully saturated rings. The highest BCUT2D eigenvalue weighted by atomic mass is 14.3. The van der Waals surface area contributed by atoms with Gasteiger partial charge < -0.3 is 0 Å². The predicted octanol–water partition coefficient (Wildman–Crippen LogP) is 16.3. The van der Waals surface area contributed by atoms with E-state index < -0.39 is 0 Å². The van der Waals surface area contributed by atoms with Crippen molar-refractivity contribution < 1.29 is 0 Å². The molecular weight excluding hydrogens is 625 g/mol. The number of benzene rings is 3. The van der Waals surface area contributed by atoms with Crippen LogP contribution in [0, 0.1) is 63.2 Å². The predicted molar refractivity (Wildman–Crippen MR) is 233 cm³/mol. The van der Waals surface area contributed by atoms with Gasteiger partial charge in [0.25, 0.3) is 0 Å². The van der Waals surface area contributed by atoms with E-state index in [-0.39, 0.29) is 0 Å². The van der Waals surface area contributed by atoms with Gasteiger partial charge in [-0.25, -0.2) is 0 Å². The molecule has 52 heavy (non-hydrogen) atoms. The minimum Gasteiger partial charge on any atom is -0.0854 e. The maximum absolute atomic E-state index is 2.38. The standard InChI is InChI=1S/2C14H20.C8H16.C8H14.C8H10/c2*1-11-3-7-13(8-4-11)14-9-5-12(2)6-10-14;3*1-7-3-5-8(2)6-4-7/h2*3-4,7-8,12,14H,5-6,9-10H2,1-2H3;7-8H,3-6H2,1-2H3;3,5,7-8H,4,6H2,1-2H3;3-6H,1-2H3. The molecule has 3 saturated carbocycles. The lowest BCUT2D eigenvalue weighted by Crippen LogP contribution is -2.10. The maximum Gasteiger partial charge on any atom is -0.0162 e. The number of hydrogen-bond donors (Lipinski definition) is 0. The van der Waals surface area contributed by atoms with E-state index in [0.717, 1.165) is 47.3 Å². The van der Waals surface area contributed by atoms with Crippen molar-refractivity contribution in [3.63, 3.8) is 0 Å². The van der Waals surface area contributed by atoms with Gasteiger partial charge in [-0.15, -0.1) is 0 Å². The second-order valence-corrected chi connectivity index (χ2v) is 18.2. The summed E-state index contributed by atoms with van der Waals surface area (Å²) in [5.74, 6) is 7.31. The van der Waals surface area contributed by atoms with Gasteiger partial charge in [0, 0.05) is 0 Å². The molecule has 0 N–H and O–H groups in total. The topological polar surface area (TPSA) is 0 Å². The summed E-state index contributed by atoms with van der Waals surface area (Å²) < 4.78 is 0. The van der Waals surface area contributed by atoms with E-state index in [1.54, 1.807) is 11.1 Å². The summed E-state index contributed by atoms with van der Waals surface area (Å²) in [6.45, 7) is 22.6. The normalized spacial score (nSPS) is 28.2. The largest absolute Gasteiger partial charge is 0.0854 e. The van der Waals surface area contributed by atoms with Gasteiger partial charge in [-0.3, -0.25) is 0 Å². The first-order chi connectivity index (χ1) is 24.9. The lowest BCUT2D eigenvalue weighted by atomic mass is 9.79. The maximum atomic E-state index is 2.38. The van der Waals surface area contributed by atoms with Gasteiger partial charge in [-0.2, -0.15) is 0 Å². The Labute approximate surface area is 323 Å². The van der Waals surface area contributed by atoms with Crippen molar-refractivity contribution in [1.29, 1.82) is 0 Å². The molecule has 0 heterocycles. The van der Waals surface area contributed by atoms with Gasteiger partial charge in [-0.1, -0.05) is 200 Å². The third kappa shape index (κ3) is 18.0. The molecule has 4 aliphatic carbocycles. The molecule has 0 bridgehead atoms. The molecule has 0 nitrogen and oxygen atoms in total. The minimum absolute atomic E-state index is 0.839. The summed E-state index contributed by atoms with van der Waals surface area (Å²) in [5.41, 5.74) is 8.52. The smallest absolute Gasteiger partial charge is 0.0162 e. The summed E-state index contributed by atoms with van der Waals surface area (Å²) in [6, 6.07) is 26.7. The van der Waals surface area contributed by atoms with Crippen LogP contribution >= 0.6 is 0 Å². The second kappa shape index (κ2) is 23.9. The van der Waals surface area contributed by atoms with Crippen LogP contribution in [0.3, 0.4) is 0 Å². The van der Waals surface area contributed by atoms with Crippen molar-refractivity contribution in [3.8, 4) is 0 Å². The molecule has 0 saturated heterocycles. The first kappa shape index (κ1) is 43.8. The molecule has 2 atom stereocenters. The quantitative estimate of drug-likeness (QED) is 0.233. The summed E-state index contributed by atoms with van der Waals surface area (Å²) in [5, 5.41) is 0. The first-order valence-corrected chi connectivity index (χ1v) is 21.7. The van der Waals surface area contributed by atoms with Crippen molar-refractivity contribution in [3.05, 3.63) is 118 Å². The zero-order chi connectivity index (χ0) is 37.9. The summed E-state index contributed by atoms with van der Waals surface area (Å²) >= 11 is 0. The van der Waals surface area contributed by atoms with Crippen LogP contribution in [-0.4, -0.2) is 0 Å². The van der Waals surface area contributed by atoms with Gasteiger partial charge in [0.15, 0.2) is 0 Å². The number of rotatable bonds is 2. The monoisotopic (exact) mass is 705 g/mol. The average Bonchev–Trinajstić information content (AvgIpc) is 3.15. The molecule has 4 aliphatic rings. The van der Waals surface area contributed by atoms with Crippen molar-refractivity contribution in [1.82, 2.24) is 0 Å². The Bertz CT molecular complexity index is 1230. The second-order valence-electron chi connectivity index (χ2n) is 18.2. The lowest BCUT2D eigenvalue weighted by molar-refractivity contribution is 0.308. The van der Waals surface area contributed by atoms with Gasteiger partial charge >= 0.3 is 0 Å². The summed E-state index contributed by atoms with van der Waals surface area (Å²) in [7, 11) is 0. The van der Waals surface area contributed by atoms with Gasteiger partial charge in [-0.05, 0) is 125 Å². The van der Waals surface area contributed by atoms with E-state index in [4.69, 9.17) is 0 Å². The van der Waals surface area contributed by atoms with Crippen molar-refractivity contribution in [2.45, 2.75) is 171 Å². The summed E-state index contributed by atoms with van der Waals surface area (Å²) in [4.78, 5) is 0. The van der Waals surface area contributed by atoms with E-state index in [2.05, 4.69) is 154 Å². The van der Waals surface area contributed by atoms with Gasteiger partial charge in [0.05, 0.1) is 0 Å². The van der Waals surface area contributed by atoms with Gasteiger partial charge in [0.2, 0.25) is 0 Å². The van der Waals surface area contributed by atoms with Crippen LogP contribution in [0.4, 0.5) is 0 Å². The third-order valence-electron chi connectivity index (χ3n) is 12.5. The fourth-order valence-corrected chi connectivity index (χ4v) is 8.03. The zero-order valence-corrected chi connectivity index (χ0v) is 35.6. The average molecular weight is 705 g/mol. The minimum atomic E-state index is 0.839. The highest BCUT2D eigenvalue weighted by Gasteiger charge is 2.20. The van der Waals surface area contributed by atoms with Crippen LogP contribution in [-0.2, 0) is 0 Å². The molecule has 0 spiro atoms. The van der Waals surface area contributed by atoms with E-state index in [9.17, 15) is 0 Å². The van der Waals surface area contributed by atoms with Crippen LogP contribution in [0.15, 0.2) is 84.9 Å². The Morgan fingerprint density at radius 1 is 0.288 bits per heavy atom. The Hall–Kier alpha value is -2.60. The zero-order valence-electron chi connectivity index (χ0n) is 35.6. The molecule has 0 amide bonds. The molecule has 0 heteroatoms. The van der Waals surface area contributed by atoms with Crippen LogP contribution in [0.25, 0.3) is 0 Å². The van der Waals surface area contributed by atoms with E-state index >= 15 is 0 Å². The van der Waals surface area contributed by atoms with E-state index in [0.29, 0.717) is 0 Å². The number of allylic oxidation sites excluding steroid dienone is 2. The molecule has 288 valence electrons. The molecular formula is C52H80. The highest BCUT2D eigenvalue weighted by molar-refractivity contribution is 5.26. The molecule has 0 radical (unpaired) electrons. The van der Waals surface area contributed by atoms with Crippen LogP contribution in [0.5, 0.6) is 0 Å². The molecule has 0 aromatic heterocycles. The fourth-order valence-electron chi connectivity index (χ4n) is 8.03. The van der Waals surface area contributed by atoms with Gasteiger partial charge in [0.1, 0.15) is 0 Å². The SMILES string of the molecule is CC1C=CC(C)CC1.CC1CCC(C)CC1.Cc1ccc(C)cc1.Cc1ccc(C2CCC(C)CC2)cc1.Cc1ccc(C2CCC(C)CC2)cc1. The molecule has 3 aromatic rings. The van der Waals surface area contributed by atoms with Crippen molar-refractivity contribution in [2.24, 2.45) is 35.5 Å². The first-order valence-electron chi connectivity index (χ1n) is 21.7. The highest BCUT2D eigenvalue weighted by Crippen LogP contribution is 2.36. The van der Waals surface area contributed by atoms with Crippen LogP contribution in [0.2, 0.25) is 0 Å². The summed E-state index contributed by atoms with van der Waals surface area (Å²) in [6.07, 6.45) is 24.6. The molecule has 0 aliphatic heterocycles. The molecule has 3 aromatic carbocycles. The van der Waals surface area contributed by atoms with Crippen LogP contribution < -0.4 is 0 Å². The van der Waals surface area contributed by atoms with E-state index in [1.165, 1.54) is 112 Å². The number of aryl methyl sites for hydroxylation is 4. The molecule has 2 unspecified atom stereocenters. The van der Waals surface area contributed by atoms with Crippen LogP contribution in [0.1, 0.15) is 177 Å². The Balaban J connectivity index is 0.000000180. The number of hydrogen-bond acceptors (Lipinski definition) is 0. The third-order valence-corrected chi connectivity index (χ3v) is 12.5. The van der Waals surface area contributed by atoms with E-state index in [1.807, 2.05) is 0 Å². The van der Waals surface area contributed by atoms with Crippen molar-refractivity contribution in [2.75, 3.05) is 0 Å². The fraction of sp³-hybridized carbons (Fsp3) is 0.615. The lowest BCUT2D eigenvalue weighted by Gasteiger charge is -2.26.